The lowest BCUT2D eigenvalue weighted by molar-refractivity contribution is -0.167. The smallest absolute Gasteiger partial charge is 0.306 e. The summed E-state index contributed by atoms with van der Waals surface area (Å²) in [6, 6.07) is 0. The van der Waals surface area contributed by atoms with E-state index in [2.05, 4.69) is 81.5 Å². The Bertz CT molecular complexity index is 1440. The van der Waals surface area contributed by atoms with Crippen LogP contribution in [-0.4, -0.2) is 37.2 Å². The van der Waals surface area contributed by atoms with Crippen LogP contribution in [0.2, 0.25) is 0 Å². The minimum atomic E-state index is -0.778. The lowest BCUT2D eigenvalue weighted by Gasteiger charge is -2.18. The van der Waals surface area contributed by atoms with Gasteiger partial charge in [0.1, 0.15) is 13.2 Å². The average molecular weight is 1130 g/mol. The number of hydrogen-bond donors (Lipinski definition) is 0. The van der Waals surface area contributed by atoms with Crippen molar-refractivity contribution >= 4 is 17.9 Å². The second-order valence-corrected chi connectivity index (χ2v) is 24.1. The van der Waals surface area contributed by atoms with E-state index >= 15 is 0 Å². The molecule has 0 spiro atoms. The van der Waals surface area contributed by atoms with Crippen molar-refractivity contribution in [2.75, 3.05) is 13.2 Å². The van der Waals surface area contributed by atoms with Gasteiger partial charge in [0.05, 0.1) is 0 Å². The molecule has 0 aromatic carbocycles. The van der Waals surface area contributed by atoms with E-state index in [-0.39, 0.29) is 31.1 Å². The summed E-state index contributed by atoms with van der Waals surface area (Å²) in [5.74, 6) is -0.864. The predicted octanol–water partition coefficient (Wildman–Crippen LogP) is 24.7. The minimum Gasteiger partial charge on any atom is -0.462 e. The summed E-state index contributed by atoms with van der Waals surface area (Å²) < 4.78 is 17.0. The van der Waals surface area contributed by atoms with Crippen molar-refractivity contribution in [1.29, 1.82) is 0 Å². The number of unbranched alkanes of at least 4 members (excludes halogenated alkanes) is 45. The molecule has 0 N–H and O–H groups in total. The number of carbonyl (C=O) groups excluding carboxylic acids is 3. The van der Waals surface area contributed by atoms with E-state index in [1.807, 2.05) is 0 Å². The normalized spacial score (nSPS) is 12.4. The molecule has 0 radical (unpaired) electrons. The Morgan fingerprint density at radius 3 is 0.741 bits per heavy atom. The van der Waals surface area contributed by atoms with E-state index in [0.29, 0.717) is 19.3 Å². The summed E-state index contributed by atoms with van der Waals surface area (Å²) in [6.07, 6.45) is 89.7. The third kappa shape index (κ3) is 67.8. The summed E-state index contributed by atoms with van der Waals surface area (Å²) in [6.45, 7) is 6.64. The topological polar surface area (TPSA) is 78.9 Å². The fourth-order valence-electron chi connectivity index (χ4n) is 10.5. The summed E-state index contributed by atoms with van der Waals surface area (Å²) in [5, 5.41) is 0. The molecule has 0 bridgehead atoms. The first-order chi connectivity index (χ1) is 40.0. The maximum absolute atomic E-state index is 12.9. The predicted molar refractivity (Wildman–Crippen MR) is 353 cm³/mol. The number of carbonyl (C=O) groups is 3. The Labute approximate surface area is 504 Å². The molecule has 0 saturated carbocycles. The third-order valence-electron chi connectivity index (χ3n) is 16.0. The molecule has 6 nitrogen and oxygen atoms in total. The second-order valence-electron chi connectivity index (χ2n) is 24.1. The third-order valence-corrected chi connectivity index (χ3v) is 16.0. The van der Waals surface area contributed by atoms with Gasteiger partial charge in [-0.05, 0) is 103 Å². The Kier molecular flexibility index (Phi) is 67.1. The number of esters is 3. The molecular formula is C75H136O6. The van der Waals surface area contributed by atoms with E-state index in [4.69, 9.17) is 14.2 Å². The standard InChI is InChI=1S/C75H136O6/c1-4-7-10-13-16-19-22-24-26-28-30-32-34-35-36-37-38-39-41-42-44-46-48-50-53-56-59-62-65-68-74(77)80-71-72(70-79-73(76)67-64-61-58-55-52-21-18-15-12-9-6-3)81-75(78)69-66-63-60-57-54-51-49-47-45-43-40-33-31-29-27-25-23-20-17-14-11-8-5-2/h15,18,22,24,28-31,34-35,72H,4-14,16-17,19-21,23,25-27,32-33,36-71H2,1-3H3/b18-15-,24-22-,30-28-,31-29-,35-34-. The quantitative estimate of drug-likeness (QED) is 0.0261. The van der Waals surface area contributed by atoms with Gasteiger partial charge in [-0.1, -0.05) is 319 Å². The molecule has 0 aliphatic carbocycles. The number of ether oxygens (including phenoxy) is 3. The first kappa shape index (κ1) is 78.1. The molecule has 0 aromatic heterocycles. The van der Waals surface area contributed by atoms with Crippen LogP contribution in [0.4, 0.5) is 0 Å². The van der Waals surface area contributed by atoms with Crippen molar-refractivity contribution in [1.82, 2.24) is 0 Å². The lowest BCUT2D eigenvalue weighted by Crippen LogP contribution is -2.30. The first-order valence-corrected chi connectivity index (χ1v) is 35.8. The van der Waals surface area contributed by atoms with Crippen LogP contribution in [-0.2, 0) is 28.6 Å². The monoisotopic (exact) mass is 1130 g/mol. The highest BCUT2D eigenvalue weighted by Crippen LogP contribution is 2.18. The van der Waals surface area contributed by atoms with Gasteiger partial charge in [-0.25, -0.2) is 0 Å². The highest BCUT2D eigenvalue weighted by atomic mass is 16.6. The largest absolute Gasteiger partial charge is 0.462 e. The molecule has 0 aliphatic heterocycles. The molecule has 1 atom stereocenters. The van der Waals surface area contributed by atoms with E-state index in [9.17, 15) is 14.4 Å². The maximum atomic E-state index is 12.9. The summed E-state index contributed by atoms with van der Waals surface area (Å²) in [7, 11) is 0. The van der Waals surface area contributed by atoms with Crippen LogP contribution >= 0.6 is 0 Å². The van der Waals surface area contributed by atoms with Crippen LogP contribution in [0.5, 0.6) is 0 Å². The van der Waals surface area contributed by atoms with Gasteiger partial charge in [-0.3, -0.25) is 14.4 Å². The molecule has 0 amide bonds. The lowest BCUT2D eigenvalue weighted by atomic mass is 10.0. The number of allylic oxidation sites excluding steroid dienone is 10. The zero-order valence-electron chi connectivity index (χ0n) is 54.3. The minimum absolute atomic E-state index is 0.0743. The van der Waals surface area contributed by atoms with Gasteiger partial charge >= 0.3 is 17.9 Å². The summed E-state index contributed by atoms with van der Waals surface area (Å²) in [5.41, 5.74) is 0. The molecule has 0 saturated heterocycles. The van der Waals surface area contributed by atoms with Gasteiger partial charge in [-0.15, -0.1) is 0 Å². The highest BCUT2D eigenvalue weighted by molar-refractivity contribution is 5.71. The molecule has 0 aromatic rings. The molecule has 0 aliphatic rings. The molecular weight excluding hydrogens is 997 g/mol. The van der Waals surface area contributed by atoms with Crippen molar-refractivity contribution in [3.05, 3.63) is 60.8 Å². The van der Waals surface area contributed by atoms with Crippen LogP contribution in [0.15, 0.2) is 60.8 Å². The zero-order valence-corrected chi connectivity index (χ0v) is 54.3. The summed E-state index contributed by atoms with van der Waals surface area (Å²) >= 11 is 0. The Hall–Kier alpha value is -2.89. The van der Waals surface area contributed by atoms with Crippen molar-refractivity contribution in [2.45, 2.75) is 386 Å². The van der Waals surface area contributed by atoms with E-state index in [1.54, 1.807) is 0 Å². The molecule has 0 rings (SSSR count). The molecule has 81 heavy (non-hydrogen) atoms. The van der Waals surface area contributed by atoms with Gasteiger partial charge in [0.15, 0.2) is 6.10 Å². The number of hydrogen-bond acceptors (Lipinski definition) is 6. The fourth-order valence-corrected chi connectivity index (χ4v) is 10.5. The Balaban J connectivity index is 4.18. The van der Waals surface area contributed by atoms with Crippen molar-refractivity contribution in [2.24, 2.45) is 0 Å². The average Bonchev–Trinajstić information content (AvgIpc) is 3.47. The Morgan fingerprint density at radius 2 is 0.457 bits per heavy atom. The van der Waals surface area contributed by atoms with E-state index < -0.39 is 6.10 Å². The molecule has 0 heterocycles. The van der Waals surface area contributed by atoms with Gasteiger partial charge in [0, 0.05) is 19.3 Å². The fraction of sp³-hybridized carbons (Fsp3) is 0.827. The maximum Gasteiger partial charge on any atom is 0.306 e. The molecule has 472 valence electrons. The van der Waals surface area contributed by atoms with Gasteiger partial charge in [-0.2, -0.15) is 0 Å². The first-order valence-electron chi connectivity index (χ1n) is 35.8. The highest BCUT2D eigenvalue weighted by Gasteiger charge is 2.19. The molecule has 1 unspecified atom stereocenters. The van der Waals surface area contributed by atoms with Crippen molar-refractivity contribution in [3.63, 3.8) is 0 Å². The van der Waals surface area contributed by atoms with Gasteiger partial charge in [0.25, 0.3) is 0 Å². The van der Waals surface area contributed by atoms with Gasteiger partial charge in [0.2, 0.25) is 0 Å². The Morgan fingerprint density at radius 1 is 0.247 bits per heavy atom. The van der Waals surface area contributed by atoms with Crippen LogP contribution in [0.1, 0.15) is 380 Å². The van der Waals surface area contributed by atoms with E-state index in [1.165, 1.54) is 263 Å². The van der Waals surface area contributed by atoms with Crippen molar-refractivity contribution < 1.29 is 28.6 Å². The molecule has 6 heteroatoms. The van der Waals surface area contributed by atoms with Crippen LogP contribution in [0, 0.1) is 0 Å². The van der Waals surface area contributed by atoms with Gasteiger partial charge < -0.3 is 14.2 Å². The van der Waals surface area contributed by atoms with E-state index in [0.717, 1.165) is 77.0 Å². The SMILES string of the molecule is CCCC/C=C\CCCCCCCC(=O)OCC(COC(=O)CCCCCCCCCCCCCCCC/C=C\C/C=C\C/C=C\CCCCCCC)OC(=O)CCCCCCCCCCCCC/C=C\CCCCCCCCCC. The number of rotatable bonds is 66. The zero-order chi connectivity index (χ0) is 58.5. The van der Waals surface area contributed by atoms with Crippen LogP contribution in [0.25, 0.3) is 0 Å². The second kappa shape index (κ2) is 69.6. The van der Waals surface area contributed by atoms with Crippen LogP contribution < -0.4 is 0 Å². The van der Waals surface area contributed by atoms with Crippen molar-refractivity contribution in [3.8, 4) is 0 Å². The van der Waals surface area contributed by atoms with Crippen LogP contribution in [0.3, 0.4) is 0 Å². The molecule has 0 fully saturated rings. The summed E-state index contributed by atoms with van der Waals surface area (Å²) in [4.78, 5) is 38.4.